The van der Waals surface area contributed by atoms with Gasteiger partial charge in [0.25, 0.3) is 0 Å². The Morgan fingerprint density at radius 3 is 3.05 bits per heavy atom. The standard InChI is InChI=1S/C15H12ClN3O2/c1-21-14(20)15(5-4-11-8-18-9-19(11)15)12-3-2-10(7-17)6-13(12)16/h2-3,6,8-9H,4-5H2,1H3/t15-/m1/s1. The highest BCUT2D eigenvalue weighted by Gasteiger charge is 2.49. The smallest absolute Gasteiger partial charge is 0.336 e. The van der Waals surface area contributed by atoms with E-state index >= 15 is 0 Å². The summed E-state index contributed by atoms with van der Waals surface area (Å²) in [6.45, 7) is 0. The zero-order chi connectivity index (χ0) is 15.0. The molecule has 5 nitrogen and oxygen atoms in total. The largest absolute Gasteiger partial charge is 0.467 e. The summed E-state index contributed by atoms with van der Waals surface area (Å²) in [7, 11) is 1.36. The quantitative estimate of drug-likeness (QED) is 0.798. The van der Waals surface area contributed by atoms with Crippen LogP contribution in [0.5, 0.6) is 0 Å². The summed E-state index contributed by atoms with van der Waals surface area (Å²) < 4.78 is 6.83. The molecule has 0 spiro atoms. The maximum Gasteiger partial charge on any atom is 0.336 e. The summed E-state index contributed by atoms with van der Waals surface area (Å²) in [4.78, 5) is 16.6. The van der Waals surface area contributed by atoms with Crippen molar-refractivity contribution in [3.8, 4) is 6.07 Å². The number of hydrogen-bond acceptors (Lipinski definition) is 4. The SMILES string of the molecule is COC(=O)[C@]1(c2ccc(C#N)cc2Cl)CCc2cncn21. The predicted molar refractivity (Wildman–Crippen MR) is 75.8 cm³/mol. The molecule has 21 heavy (non-hydrogen) atoms. The third kappa shape index (κ3) is 1.83. The first-order chi connectivity index (χ1) is 10.1. The Morgan fingerprint density at radius 1 is 1.57 bits per heavy atom. The van der Waals surface area contributed by atoms with Gasteiger partial charge in [-0.1, -0.05) is 17.7 Å². The first-order valence-electron chi connectivity index (χ1n) is 6.43. The van der Waals surface area contributed by atoms with Crippen LogP contribution in [0.15, 0.2) is 30.7 Å². The molecule has 2 heterocycles. The molecule has 3 rings (SSSR count). The third-order valence-corrected chi connectivity index (χ3v) is 4.25. The number of carbonyl (C=O) groups is 1. The molecular weight excluding hydrogens is 290 g/mol. The number of aromatic nitrogens is 2. The van der Waals surface area contributed by atoms with Crippen LogP contribution in [0.4, 0.5) is 0 Å². The van der Waals surface area contributed by atoms with E-state index in [2.05, 4.69) is 4.98 Å². The van der Waals surface area contributed by atoms with Gasteiger partial charge in [-0.25, -0.2) is 9.78 Å². The first-order valence-corrected chi connectivity index (χ1v) is 6.81. The van der Waals surface area contributed by atoms with Crippen LogP contribution in [0, 0.1) is 11.3 Å². The van der Waals surface area contributed by atoms with Crippen LogP contribution >= 0.6 is 11.6 Å². The maximum absolute atomic E-state index is 12.5. The van der Waals surface area contributed by atoms with Crippen LogP contribution in [0.25, 0.3) is 0 Å². The van der Waals surface area contributed by atoms with E-state index in [9.17, 15) is 4.79 Å². The number of nitrogens with zero attached hydrogens (tertiary/aromatic N) is 3. The van der Waals surface area contributed by atoms with Gasteiger partial charge in [-0.15, -0.1) is 0 Å². The zero-order valence-corrected chi connectivity index (χ0v) is 12.1. The van der Waals surface area contributed by atoms with Crippen LogP contribution in [0.3, 0.4) is 0 Å². The minimum absolute atomic E-state index is 0.376. The number of aryl methyl sites for hydroxylation is 1. The van der Waals surface area contributed by atoms with E-state index in [-0.39, 0.29) is 5.97 Å². The number of nitriles is 1. The van der Waals surface area contributed by atoms with Crippen molar-refractivity contribution in [1.82, 2.24) is 9.55 Å². The molecule has 0 saturated heterocycles. The fourth-order valence-electron chi connectivity index (χ4n) is 2.94. The molecule has 0 amide bonds. The lowest BCUT2D eigenvalue weighted by molar-refractivity contribution is -0.148. The highest BCUT2D eigenvalue weighted by atomic mass is 35.5. The molecule has 1 atom stereocenters. The number of rotatable bonds is 2. The van der Waals surface area contributed by atoms with Gasteiger partial charge in [0.2, 0.25) is 0 Å². The molecule has 1 aromatic heterocycles. The van der Waals surface area contributed by atoms with Crippen LogP contribution in [-0.4, -0.2) is 22.6 Å². The topological polar surface area (TPSA) is 67.9 Å². The number of esters is 1. The van der Waals surface area contributed by atoms with Gasteiger partial charge >= 0.3 is 5.97 Å². The van der Waals surface area contributed by atoms with E-state index in [4.69, 9.17) is 21.6 Å². The molecule has 106 valence electrons. The van der Waals surface area contributed by atoms with Gasteiger partial charge in [-0.2, -0.15) is 5.26 Å². The third-order valence-electron chi connectivity index (χ3n) is 3.94. The Hall–Kier alpha value is -2.32. The lowest BCUT2D eigenvalue weighted by atomic mass is 9.87. The van der Waals surface area contributed by atoms with Crippen molar-refractivity contribution in [3.63, 3.8) is 0 Å². The average Bonchev–Trinajstić information content (AvgIpc) is 3.09. The van der Waals surface area contributed by atoms with Crippen molar-refractivity contribution in [1.29, 1.82) is 5.26 Å². The van der Waals surface area contributed by atoms with Crippen molar-refractivity contribution in [2.45, 2.75) is 18.4 Å². The van der Waals surface area contributed by atoms with E-state index in [1.165, 1.54) is 7.11 Å². The first kappa shape index (κ1) is 13.7. The lowest BCUT2D eigenvalue weighted by Gasteiger charge is -2.29. The molecule has 0 N–H and O–H groups in total. The Morgan fingerprint density at radius 2 is 2.38 bits per heavy atom. The van der Waals surface area contributed by atoms with Crippen molar-refractivity contribution < 1.29 is 9.53 Å². The second-order valence-electron chi connectivity index (χ2n) is 4.91. The molecule has 6 heteroatoms. The summed E-state index contributed by atoms with van der Waals surface area (Å²) in [5.74, 6) is -0.383. The van der Waals surface area contributed by atoms with Gasteiger partial charge < -0.3 is 9.30 Å². The van der Waals surface area contributed by atoms with Crippen molar-refractivity contribution >= 4 is 17.6 Å². The number of halogens is 1. The van der Waals surface area contributed by atoms with Crippen LogP contribution < -0.4 is 0 Å². The molecule has 0 saturated carbocycles. The zero-order valence-electron chi connectivity index (χ0n) is 11.3. The summed E-state index contributed by atoms with van der Waals surface area (Å²) in [5, 5.41) is 9.32. The van der Waals surface area contributed by atoms with Crippen molar-refractivity contribution in [3.05, 3.63) is 52.6 Å². The van der Waals surface area contributed by atoms with Crippen LogP contribution in [0.1, 0.15) is 23.2 Å². The molecule has 0 bridgehead atoms. The summed E-state index contributed by atoms with van der Waals surface area (Å²) in [5.41, 5.74) is 1.03. The number of fused-ring (bicyclic) bond motifs is 1. The predicted octanol–water partition coefficient (Wildman–Crippen LogP) is 2.27. The minimum Gasteiger partial charge on any atom is -0.467 e. The van der Waals surface area contributed by atoms with E-state index < -0.39 is 5.54 Å². The van der Waals surface area contributed by atoms with Gasteiger partial charge in [0.15, 0.2) is 5.54 Å². The summed E-state index contributed by atoms with van der Waals surface area (Å²) >= 11 is 6.32. The van der Waals surface area contributed by atoms with E-state index in [0.29, 0.717) is 29.0 Å². The normalized spacial score (nSPS) is 19.9. The van der Waals surface area contributed by atoms with Crippen molar-refractivity contribution in [2.75, 3.05) is 7.11 Å². The molecule has 2 aromatic rings. The molecule has 1 aliphatic rings. The molecule has 0 radical (unpaired) electrons. The fourth-order valence-corrected chi connectivity index (χ4v) is 3.28. The second-order valence-corrected chi connectivity index (χ2v) is 5.32. The van der Waals surface area contributed by atoms with Crippen molar-refractivity contribution in [2.24, 2.45) is 0 Å². The van der Waals surface area contributed by atoms with Crippen LogP contribution in [0.2, 0.25) is 5.02 Å². The number of benzene rings is 1. The number of imidazole rings is 1. The molecule has 0 fully saturated rings. The number of methoxy groups -OCH3 is 1. The Balaban J connectivity index is 2.24. The maximum atomic E-state index is 12.5. The monoisotopic (exact) mass is 301 g/mol. The van der Waals surface area contributed by atoms with Gasteiger partial charge in [-0.05, 0) is 25.0 Å². The fraction of sp³-hybridized carbons (Fsp3) is 0.267. The van der Waals surface area contributed by atoms with Gasteiger partial charge in [-0.3, -0.25) is 0 Å². The van der Waals surface area contributed by atoms with E-state index in [0.717, 1.165) is 5.69 Å². The second kappa shape index (κ2) is 4.90. The summed E-state index contributed by atoms with van der Waals surface area (Å²) in [6.07, 6.45) is 4.63. The van der Waals surface area contributed by atoms with Gasteiger partial charge in [0, 0.05) is 22.5 Å². The Bertz CT molecular complexity index is 763. The van der Waals surface area contributed by atoms with Crippen LogP contribution in [-0.2, 0) is 21.5 Å². The van der Waals surface area contributed by atoms with Gasteiger partial charge in [0.05, 0.1) is 25.1 Å². The lowest BCUT2D eigenvalue weighted by Crippen LogP contribution is -2.41. The molecule has 0 unspecified atom stereocenters. The molecule has 0 aliphatic carbocycles. The van der Waals surface area contributed by atoms with E-state index in [1.54, 1.807) is 30.7 Å². The molecular formula is C15H12ClN3O2. The highest BCUT2D eigenvalue weighted by Crippen LogP contribution is 2.42. The van der Waals surface area contributed by atoms with Gasteiger partial charge in [0.1, 0.15) is 0 Å². The summed E-state index contributed by atoms with van der Waals surface area (Å²) in [6, 6.07) is 6.97. The number of carbonyl (C=O) groups excluding carboxylic acids is 1. The minimum atomic E-state index is -1.01. The Kier molecular flexibility index (Phi) is 3.19. The van der Waals surface area contributed by atoms with E-state index in [1.807, 2.05) is 10.6 Å². The average molecular weight is 302 g/mol. The molecule has 1 aliphatic heterocycles. The highest BCUT2D eigenvalue weighted by molar-refractivity contribution is 6.31. The number of hydrogen-bond donors (Lipinski definition) is 0. The molecule has 1 aromatic carbocycles. The number of ether oxygens (including phenoxy) is 1. The Labute approximate surface area is 126 Å².